The third-order valence-corrected chi connectivity index (χ3v) is 3.29. The van der Waals surface area contributed by atoms with Gasteiger partial charge in [-0.3, -0.25) is 14.9 Å². The van der Waals surface area contributed by atoms with Gasteiger partial charge < -0.3 is 15.0 Å². The number of carbonyl (C=O) groups excluding carboxylic acids is 3. The number of ether oxygens (including phenoxy) is 1. The molecule has 104 valence electrons. The van der Waals surface area contributed by atoms with Crippen LogP contribution in [0.3, 0.4) is 0 Å². The molecule has 0 bridgehead atoms. The number of imide groups is 1. The predicted molar refractivity (Wildman–Crippen MR) is 69.6 cm³/mol. The minimum Gasteiger partial charge on any atom is -0.378 e. The summed E-state index contributed by atoms with van der Waals surface area (Å²) >= 11 is 0. The van der Waals surface area contributed by atoms with Gasteiger partial charge in [0, 0.05) is 18.8 Å². The number of amides is 4. The zero-order chi connectivity index (χ0) is 14.1. The van der Waals surface area contributed by atoms with E-state index >= 15 is 0 Å². The maximum Gasteiger partial charge on any atom is 0.321 e. The highest BCUT2D eigenvalue weighted by molar-refractivity contribution is 6.22. The molecule has 1 aromatic rings. The molecule has 0 aromatic heterocycles. The molecule has 1 saturated heterocycles. The van der Waals surface area contributed by atoms with E-state index in [-0.39, 0.29) is 11.6 Å². The summed E-state index contributed by atoms with van der Waals surface area (Å²) < 4.78 is 5.17. The highest BCUT2D eigenvalue weighted by Crippen LogP contribution is 2.20. The van der Waals surface area contributed by atoms with Crippen LogP contribution in [0, 0.1) is 0 Å². The fraction of sp³-hybridized carbons (Fsp3) is 0.308. The average molecular weight is 275 g/mol. The van der Waals surface area contributed by atoms with E-state index in [1.807, 2.05) is 0 Å². The smallest absolute Gasteiger partial charge is 0.321 e. The van der Waals surface area contributed by atoms with Gasteiger partial charge in [-0.15, -0.1) is 0 Å². The molecule has 0 saturated carbocycles. The molecule has 1 aromatic carbocycles. The van der Waals surface area contributed by atoms with Crippen molar-refractivity contribution < 1.29 is 19.1 Å². The van der Waals surface area contributed by atoms with Crippen LogP contribution in [-0.2, 0) is 4.74 Å². The van der Waals surface area contributed by atoms with Crippen molar-refractivity contribution >= 4 is 23.5 Å². The first-order valence-electron chi connectivity index (χ1n) is 6.28. The Balaban J connectivity index is 1.75. The summed E-state index contributed by atoms with van der Waals surface area (Å²) in [5.41, 5.74) is 1.11. The molecular weight excluding hydrogens is 262 g/mol. The Morgan fingerprint density at radius 1 is 1.15 bits per heavy atom. The van der Waals surface area contributed by atoms with Crippen molar-refractivity contribution in [2.24, 2.45) is 0 Å². The van der Waals surface area contributed by atoms with Crippen LogP contribution in [0.15, 0.2) is 18.2 Å². The first-order chi connectivity index (χ1) is 9.65. The second-order valence-corrected chi connectivity index (χ2v) is 4.57. The maximum atomic E-state index is 12.0. The Labute approximate surface area is 114 Å². The number of morpholine rings is 1. The van der Waals surface area contributed by atoms with Gasteiger partial charge in [-0.05, 0) is 18.2 Å². The van der Waals surface area contributed by atoms with Crippen LogP contribution >= 0.6 is 0 Å². The van der Waals surface area contributed by atoms with Gasteiger partial charge in [0.15, 0.2) is 0 Å². The Kier molecular flexibility index (Phi) is 3.11. The Morgan fingerprint density at radius 2 is 1.85 bits per heavy atom. The molecule has 1 fully saturated rings. The van der Waals surface area contributed by atoms with Crippen molar-refractivity contribution in [3.63, 3.8) is 0 Å². The largest absolute Gasteiger partial charge is 0.378 e. The third kappa shape index (κ3) is 2.23. The Morgan fingerprint density at radius 3 is 2.60 bits per heavy atom. The van der Waals surface area contributed by atoms with Crippen LogP contribution in [0.4, 0.5) is 10.5 Å². The van der Waals surface area contributed by atoms with Crippen LogP contribution < -0.4 is 10.6 Å². The topological polar surface area (TPSA) is 87.7 Å². The molecule has 2 N–H and O–H groups in total. The van der Waals surface area contributed by atoms with Gasteiger partial charge in [0.25, 0.3) is 11.8 Å². The Bertz CT molecular complexity index is 593. The fourth-order valence-corrected chi connectivity index (χ4v) is 2.21. The second-order valence-electron chi connectivity index (χ2n) is 4.57. The predicted octanol–water partition coefficient (Wildman–Crippen LogP) is 0.434. The summed E-state index contributed by atoms with van der Waals surface area (Å²) in [5, 5.41) is 4.93. The number of benzene rings is 1. The zero-order valence-electron chi connectivity index (χ0n) is 10.6. The van der Waals surface area contributed by atoms with E-state index in [0.29, 0.717) is 37.6 Å². The van der Waals surface area contributed by atoms with E-state index in [1.165, 1.54) is 12.1 Å². The number of rotatable bonds is 1. The van der Waals surface area contributed by atoms with Gasteiger partial charge in [0.05, 0.1) is 24.3 Å². The number of carbonyl (C=O) groups is 3. The quantitative estimate of drug-likeness (QED) is 0.728. The average Bonchev–Trinajstić information content (AvgIpc) is 2.75. The van der Waals surface area contributed by atoms with Gasteiger partial charge in [0.1, 0.15) is 0 Å². The lowest BCUT2D eigenvalue weighted by molar-refractivity contribution is 0.0564. The van der Waals surface area contributed by atoms with Crippen molar-refractivity contribution in [1.29, 1.82) is 0 Å². The van der Waals surface area contributed by atoms with Crippen LogP contribution in [-0.4, -0.2) is 49.0 Å². The second kappa shape index (κ2) is 4.93. The number of nitrogens with one attached hydrogen (secondary N) is 2. The van der Waals surface area contributed by atoms with Crippen molar-refractivity contribution in [1.82, 2.24) is 10.2 Å². The number of fused-ring (bicyclic) bond motifs is 1. The number of urea groups is 1. The normalized spacial score (nSPS) is 17.7. The first-order valence-corrected chi connectivity index (χ1v) is 6.28. The van der Waals surface area contributed by atoms with Crippen LogP contribution in [0.25, 0.3) is 0 Å². The number of anilines is 1. The van der Waals surface area contributed by atoms with Crippen LogP contribution in [0.5, 0.6) is 0 Å². The van der Waals surface area contributed by atoms with Gasteiger partial charge in [-0.1, -0.05) is 0 Å². The molecule has 4 amide bonds. The van der Waals surface area contributed by atoms with E-state index < -0.39 is 11.8 Å². The summed E-state index contributed by atoms with van der Waals surface area (Å²) in [6.07, 6.45) is 0. The summed E-state index contributed by atoms with van der Waals surface area (Å²) in [4.78, 5) is 36.6. The molecule has 2 heterocycles. The van der Waals surface area contributed by atoms with E-state index in [1.54, 1.807) is 11.0 Å². The van der Waals surface area contributed by atoms with Gasteiger partial charge in [-0.25, -0.2) is 4.79 Å². The van der Waals surface area contributed by atoms with Crippen molar-refractivity contribution in [3.8, 4) is 0 Å². The number of hydrogen-bond donors (Lipinski definition) is 2. The SMILES string of the molecule is O=C1NC(=O)c2cc(NC(=O)N3CCOCC3)ccc21. The molecule has 0 radical (unpaired) electrons. The molecule has 20 heavy (non-hydrogen) atoms. The molecule has 3 rings (SSSR count). The lowest BCUT2D eigenvalue weighted by Crippen LogP contribution is -2.43. The van der Waals surface area contributed by atoms with Crippen LogP contribution in [0.2, 0.25) is 0 Å². The third-order valence-electron chi connectivity index (χ3n) is 3.29. The zero-order valence-corrected chi connectivity index (χ0v) is 10.6. The van der Waals surface area contributed by atoms with E-state index in [2.05, 4.69) is 10.6 Å². The molecule has 0 spiro atoms. The molecular formula is C13H13N3O4. The van der Waals surface area contributed by atoms with Crippen molar-refractivity contribution in [2.75, 3.05) is 31.6 Å². The van der Waals surface area contributed by atoms with Crippen LogP contribution in [0.1, 0.15) is 20.7 Å². The molecule has 0 unspecified atom stereocenters. The molecule has 2 aliphatic rings. The molecule has 0 atom stereocenters. The number of nitrogens with zero attached hydrogens (tertiary/aromatic N) is 1. The van der Waals surface area contributed by atoms with E-state index in [9.17, 15) is 14.4 Å². The molecule has 2 aliphatic heterocycles. The first kappa shape index (κ1) is 12.6. The van der Waals surface area contributed by atoms with E-state index in [0.717, 1.165) is 0 Å². The molecule has 0 aliphatic carbocycles. The van der Waals surface area contributed by atoms with Crippen molar-refractivity contribution in [2.45, 2.75) is 0 Å². The van der Waals surface area contributed by atoms with Gasteiger partial charge in [-0.2, -0.15) is 0 Å². The molecule has 7 heteroatoms. The summed E-state index contributed by atoms with van der Waals surface area (Å²) in [6.45, 7) is 2.12. The summed E-state index contributed by atoms with van der Waals surface area (Å²) in [6, 6.07) is 4.41. The van der Waals surface area contributed by atoms with Crippen molar-refractivity contribution in [3.05, 3.63) is 29.3 Å². The van der Waals surface area contributed by atoms with E-state index in [4.69, 9.17) is 4.74 Å². The standard InChI is InChI=1S/C13H13N3O4/c17-11-9-2-1-8(7-10(9)12(18)15-11)14-13(19)16-3-5-20-6-4-16/h1-2,7H,3-6H2,(H,14,19)(H,15,17,18). The minimum atomic E-state index is -0.438. The van der Waals surface area contributed by atoms with Gasteiger partial charge >= 0.3 is 6.03 Å². The minimum absolute atomic E-state index is 0.238. The fourth-order valence-electron chi connectivity index (χ4n) is 2.21. The summed E-state index contributed by atoms with van der Waals surface area (Å²) in [5.74, 6) is -0.844. The monoisotopic (exact) mass is 275 g/mol. The summed E-state index contributed by atoms with van der Waals surface area (Å²) in [7, 11) is 0. The molecule has 7 nitrogen and oxygen atoms in total. The lowest BCUT2D eigenvalue weighted by Gasteiger charge is -2.26. The highest BCUT2D eigenvalue weighted by atomic mass is 16.5. The Hall–Kier alpha value is -2.41. The maximum absolute atomic E-state index is 12.0. The number of hydrogen-bond acceptors (Lipinski definition) is 4. The van der Waals surface area contributed by atoms with Gasteiger partial charge in [0.2, 0.25) is 0 Å². The highest BCUT2D eigenvalue weighted by Gasteiger charge is 2.27. The lowest BCUT2D eigenvalue weighted by atomic mass is 10.1.